The van der Waals surface area contributed by atoms with Crippen molar-refractivity contribution in [2.75, 3.05) is 19.0 Å². The van der Waals surface area contributed by atoms with E-state index >= 15 is 0 Å². The number of benzene rings is 1. The lowest BCUT2D eigenvalue weighted by atomic mass is 10.1. The number of nitrogens with one attached hydrogen (secondary N) is 1. The number of aliphatic carboxylic acids is 1. The number of carbonyl (C=O) groups excluding carboxylic acids is 1. The normalized spacial score (nSPS) is 11.7. The van der Waals surface area contributed by atoms with Crippen molar-refractivity contribution >= 4 is 17.6 Å². The Morgan fingerprint density at radius 1 is 1.33 bits per heavy atom. The lowest BCUT2D eigenvalue weighted by Crippen LogP contribution is -2.15. The SMILES string of the molecule is COC(=O)c1ccc(NCC(C)CC(=O)O)cc1. The van der Waals surface area contributed by atoms with Crippen LogP contribution in [0.15, 0.2) is 24.3 Å². The largest absolute Gasteiger partial charge is 0.481 e. The minimum atomic E-state index is -0.801. The van der Waals surface area contributed by atoms with E-state index in [9.17, 15) is 9.59 Å². The molecule has 1 rings (SSSR count). The van der Waals surface area contributed by atoms with Gasteiger partial charge in [0.1, 0.15) is 0 Å². The first-order valence-corrected chi connectivity index (χ1v) is 5.67. The molecule has 0 bridgehead atoms. The van der Waals surface area contributed by atoms with E-state index in [-0.39, 0.29) is 18.3 Å². The van der Waals surface area contributed by atoms with Gasteiger partial charge in [0.2, 0.25) is 0 Å². The van der Waals surface area contributed by atoms with Gasteiger partial charge in [0.05, 0.1) is 12.7 Å². The number of anilines is 1. The van der Waals surface area contributed by atoms with Crippen molar-refractivity contribution in [3.05, 3.63) is 29.8 Å². The van der Waals surface area contributed by atoms with E-state index in [1.165, 1.54) is 7.11 Å². The number of esters is 1. The second kappa shape index (κ2) is 6.64. The minimum Gasteiger partial charge on any atom is -0.481 e. The average Bonchev–Trinajstić information content (AvgIpc) is 2.35. The third kappa shape index (κ3) is 4.45. The van der Waals surface area contributed by atoms with E-state index in [1.807, 2.05) is 6.92 Å². The molecule has 1 unspecified atom stereocenters. The van der Waals surface area contributed by atoms with Crippen LogP contribution in [-0.2, 0) is 9.53 Å². The molecule has 5 heteroatoms. The number of ether oxygens (including phenoxy) is 1. The quantitative estimate of drug-likeness (QED) is 0.756. The summed E-state index contributed by atoms with van der Waals surface area (Å²) < 4.78 is 4.59. The van der Waals surface area contributed by atoms with Gasteiger partial charge < -0.3 is 15.2 Å². The second-order valence-corrected chi connectivity index (χ2v) is 4.15. The Bertz CT molecular complexity index is 414. The van der Waals surface area contributed by atoms with Crippen molar-refractivity contribution in [2.24, 2.45) is 5.92 Å². The van der Waals surface area contributed by atoms with E-state index < -0.39 is 5.97 Å². The van der Waals surface area contributed by atoms with Crippen molar-refractivity contribution in [1.29, 1.82) is 0 Å². The predicted molar refractivity (Wildman–Crippen MR) is 67.7 cm³/mol. The molecular formula is C13H17NO4. The van der Waals surface area contributed by atoms with Gasteiger partial charge in [-0.25, -0.2) is 4.79 Å². The van der Waals surface area contributed by atoms with E-state index in [4.69, 9.17) is 5.11 Å². The van der Waals surface area contributed by atoms with Crippen molar-refractivity contribution in [3.63, 3.8) is 0 Å². The van der Waals surface area contributed by atoms with Gasteiger partial charge in [0.15, 0.2) is 0 Å². The third-order valence-corrected chi connectivity index (χ3v) is 2.48. The molecule has 0 aliphatic carbocycles. The molecule has 98 valence electrons. The van der Waals surface area contributed by atoms with Crippen molar-refractivity contribution in [2.45, 2.75) is 13.3 Å². The summed E-state index contributed by atoms with van der Waals surface area (Å²) in [6.07, 6.45) is 0.132. The molecule has 0 fully saturated rings. The summed E-state index contributed by atoms with van der Waals surface area (Å²) in [5.41, 5.74) is 1.33. The number of rotatable bonds is 6. The highest BCUT2D eigenvalue weighted by Gasteiger charge is 2.08. The summed E-state index contributed by atoms with van der Waals surface area (Å²) >= 11 is 0. The fourth-order valence-corrected chi connectivity index (χ4v) is 1.50. The molecule has 1 aromatic carbocycles. The summed E-state index contributed by atoms with van der Waals surface area (Å²) in [7, 11) is 1.34. The highest BCUT2D eigenvalue weighted by Crippen LogP contribution is 2.12. The molecule has 0 heterocycles. The first kappa shape index (κ1) is 14.0. The molecule has 0 aromatic heterocycles. The lowest BCUT2D eigenvalue weighted by Gasteiger charge is -2.11. The first-order chi connectivity index (χ1) is 8.52. The van der Waals surface area contributed by atoms with Gasteiger partial charge in [-0.1, -0.05) is 6.92 Å². The fraction of sp³-hybridized carbons (Fsp3) is 0.385. The zero-order valence-corrected chi connectivity index (χ0v) is 10.5. The molecule has 0 saturated heterocycles. The molecule has 18 heavy (non-hydrogen) atoms. The van der Waals surface area contributed by atoms with E-state index in [0.717, 1.165) is 5.69 Å². The van der Waals surface area contributed by atoms with Crippen LogP contribution in [0.25, 0.3) is 0 Å². The van der Waals surface area contributed by atoms with E-state index in [2.05, 4.69) is 10.1 Å². The molecule has 0 amide bonds. The van der Waals surface area contributed by atoms with Crippen LogP contribution < -0.4 is 5.32 Å². The maximum absolute atomic E-state index is 11.2. The molecule has 0 saturated carbocycles. The minimum absolute atomic E-state index is 0.0442. The van der Waals surface area contributed by atoms with Gasteiger partial charge in [-0.15, -0.1) is 0 Å². The Morgan fingerprint density at radius 2 is 1.94 bits per heavy atom. The van der Waals surface area contributed by atoms with Crippen LogP contribution in [0.1, 0.15) is 23.7 Å². The average molecular weight is 251 g/mol. The van der Waals surface area contributed by atoms with Gasteiger partial charge in [-0.2, -0.15) is 0 Å². The third-order valence-electron chi connectivity index (χ3n) is 2.48. The number of hydrogen-bond acceptors (Lipinski definition) is 4. The highest BCUT2D eigenvalue weighted by atomic mass is 16.5. The predicted octanol–water partition coefficient (Wildman–Crippen LogP) is 2.00. The molecule has 1 aromatic rings. The van der Waals surface area contributed by atoms with E-state index in [0.29, 0.717) is 12.1 Å². The Morgan fingerprint density at radius 3 is 2.44 bits per heavy atom. The maximum Gasteiger partial charge on any atom is 0.337 e. The number of carbonyl (C=O) groups is 2. The fourth-order valence-electron chi connectivity index (χ4n) is 1.50. The molecule has 0 aliphatic heterocycles. The number of carboxylic acid groups (broad SMARTS) is 1. The summed E-state index contributed by atoms with van der Waals surface area (Å²) in [5, 5.41) is 11.7. The number of methoxy groups -OCH3 is 1. The van der Waals surface area contributed by atoms with Gasteiger partial charge in [-0.05, 0) is 30.2 Å². The van der Waals surface area contributed by atoms with Crippen molar-refractivity contribution in [1.82, 2.24) is 0 Å². The Labute approximate surface area is 106 Å². The monoisotopic (exact) mass is 251 g/mol. The smallest absolute Gasteiger partial charge is 0.337 e. The topological polar surface area (TPSA) is 75.6 Å². The van der Waals surface area contributed by atoms with Crippen LogP contribution in [0, 0.1) is 5.92 Å². The van der Waals surface area contributed by atoms with Crippen molar-refractivity contribution in [3.8, 4) is 0 Å². The van der Waals surface area contributed by atoms with Gasteiger partial charge in [0, 0.05) is 18.7 Å². The standard InChI is InChI=1S/C13H17NO4/c1-9(7-12(15)16)8-14-11-5-3-10(4-6-11)13(17)18-2/h3-6,9,14H,7-8H2,1-2H3,(H,15,16). The first-order valence-electron chi connectivity index (χ1n) is 5.67. The maximum atomic E-state index is 11.2. The zero-order valence-electron chi connectivity index (χ0n) is 10.5. The Hall–Kier alpha value is -2.04. The van der Waals surface area contributed by atoms with Gasteiger partial charge in [0.25, 0.3) is 0 Å². The molecule has 0 aliphatic rings. The van der Waals surface area contributed by atoms with Crippen LogP contribution in [0.4, 0.5) is 5.69 Å². The summed E-state index contributed by atoms with van der Waals surface area (Å²) in [6.45, 7) is 2.44. The zero-order chi connectivity index (χ0) is 13.5. The van der Waals surface area contributed by atoms with Crippen LogP contribution in [0.5, 0.6) is 0 Å². The second-order valence-electron chi connectivity index (χ2n) is 4.15. The number of carboxylic acids is 1. The molecule has 1 atom stereocenters. The van der Waals surface area contributed by atoms with Crippen LogP contribution in [0.2, 0.25) is 0 Å². The molecular weight excluding hydrogens is 234 g/mol. The summed E-state index contributed by atoms with van der Waals surface area (Å²) in [6, 6.07) is 6.85. The Balaban J connectivity index is 2.49. The summed E-state index contributed by atoms with van der Waals surface area (Å²) in [4.78, 5) is 21.7. The Kier molecular flexibility index (Phi) is 5.17. The highest BCUT2D eigenvalue weighted by molar-refractivity contribution is 5.89. The number of hydrogen-bond donors (Lipinski definition) is 2. The van der Waals surface area contributed by atoms with Gasteiger partial charge >= 0.3 is 11.9 Å². The molecule has 5 nitrogen and oxygen atoms in total. The molecule has 0 spiro atoms. The van der Waals surface area contributed by atoms with Crippen LogP contribution in [0.3, 0.4) is 0 Å². The van der Waals surface area contributed by atoms with Gasteiger partial charge in [-0.3, -0.25) is 4.79 Å². The summed E-state index contributed by atoms with van der Waals surface area (Å²) in [5.74, 6) is -1.13. The lowest BCUT2D eigenvalue weighted by molar-refractivity contribution is -0.137. The van der Waals surface area contributed by atoms with Crippen LogP contribution in [-0.4, -0.2) is 30.7 Å². The van der Waals surface area contributed by atoms with Crippen LogP contribution >= 0.6 is 0 Å². The molecule has 2 N–H and O–H groups in total. The van der Waals surface area contributed by atoms with E-state index in [1.54, 1.807) is 24.3 Å². The molecule has 0 radical (unpaired) electrons. The van der Waals surface area contributed by atoms with Crippen molar-refractivity contribution < 1.29 is 19.4 Å².